The Morgan fingerprint density at radius 3 is 2.35 bits per heavy atom. The van der Waals surface area contributed by atoms with Gasteiger partial charge in [0.05, 0.1) is 12.1 Å². The average Bonchev–Trinajstić information content (AvgIpc) is 2.64. The fraction of sp³-hybridized carbons (Fsp3) is 0.238. The van der Waals surface area contributed by atoms with Crippen molar-refractivity contribution in [3.8, 4) is 0 Å². The molecule has 0 radical (unpaired) electrons. The maximum Gasteiger partial charge on any atom is 0.244 e. The lowest BCUT2D eigenvalue weighted by molar-refractivity contribution is -0.125. The molecule has 5 heteroatoms. The third-order valence-corrected chi connectivity index (χ3v) is 4.64. The van der Waals surface area contributed by atoms with E-state index >= 15 is 0 Å². The van der Waals surface area contributed by atoms with Gasteiger partial charge in [0, 0.05) is 0 Å². The molecule has 0 aliphatic heterocycles. The number of halogens is 2. The zero-order valence-electron chi connectivity index (χ0n) is 14.5. The van der Waals surface area contributed by atoms with E-state index in [1.54, 1.807) is 24.3 Å². The second kappa shape index (κ2) is 8.04. The van der Waals surface area contributed by atoms with Crippen LogP contribution in [0, 0.1) is 17.6 Å². The first-order valence-corrected chi connectivity index (χ1v) is 8.52. The minimum atomic E-state index is -0.322. The summed E-state index contributed by atoms with van der Waals surface area (Å²) >= 11 is 0. The molecule has 0 heterocycles. The third kappa shape index (κ3) is 4.42. The second-order valence-corrected chi connectivity index (χ2v) is 6.54. The minimum Gasteiger partial charge on any atom is -0.273 e. The summed E-state index contributed by atoms with van der Waals surface area (Å²) in [6, 6.07) is 12.2. The van der Waals surface area contributed by atoms with Crippen molar-refractivity contribution < 1.29 is 13.6 Å². The lowest BCUT2D eigenvalue weighted by atomic mass is 9.75. The smallest absolute Gasteiger partial charge is 0.244 e. The summed E-state index contributed by atoms with van der Waals surface area (Å²) in [7, 11) is 0. The van der Waals surface area contributed by atoms with Crippen LogP contribution >= 0.6 is 0 Å². The Morgan fingerprint density at radius 2 is 1.69 bits per heavy atom. The molecule has 134 valence electrons. The van der Waals surface area contributed by atoms with Crippen LogP contribution in [0.4, 0.5) is 8.78 Å². The number of amides is 1. The van der Waals surface area contributed by atoms with Crippen molar-refractivity contribution in [2.75, 3.05) is 0 Å². The number of carbonyl (C=O) groups is 1. The molecule has 1 aliphatic carbocycles. The lowest BCUT2D eigenvalue weighted by Gasteiger charge is -2.29. The molecule has 26 heavy (non-hydrogen) atoms. The van der Waals surface area contributed by atoms with Crippen LogP contribution in [0.3, 0.4) is 0 Å². The molecule has 2 unspecified atom stereocenters. The quantitative estimate of drug-likeness (QED) is 0.488. The fourth-order valence-electron chi connectivity index (χ4n) is 3.22. The Hall–Kier alpha value is -2.82. The van der Waals surface area contributed by atoms with Crippen LogP contribution in [-0.4, -0.2) is 12.1 Å². The number of hydrazone groups is 1. The average molecular weight is 354 g/mol. The molecule has 0 saturated carbocycles. The van der Waals surface area contributed by atoms with E-state index in [1.165, 1.54) is 36.1 Å². The SMILES string of the molecule is CC1=CCC(C(=O)NN=Cc2ccc(F)cc2)C(c2ccc(F)cc2)C1. The molecule has 1 aliphatic rings. The molecule has 0 bridgehead atoms. The van der Waals surface area contributed by atoms with Gasteiger partial charge in [-0.2, -0.15) is 5.10 Å². The predicted molar refractivity (Wildman–Crippen MR) is 97.8 cm³/mol. The first kappa shape index (κ1) is 18.0. The van der Waals surface area contributed by atoms with Gasteiger partial charge in [-0.05, 0) is 61.1 Å². The Kier molecular flexibility index (Phi) is 5.56. The van der Waals surface area contributed by atoms with Gasteiger partial charge in [-0.15, -0.1) is 0 Å². The second-order valence-electron chi connectivity index (χ2n) is 6.54. The van der Waals surface area contributed by atoms with Gasteiger partial charge >= 0.3 is 0 Å². The van der Waals surface area contributed by atoms with Crippen molar-refractivity contribution >= 4 is 12.1 Å². The van der Waals surface area contributed by atoms with Crippen LogP contribution in [0.1, 0.15) is 36.8 Å². The molecular formula is C21H20F2N2O. The highest BCUT2D eigenvalue weighted by molar-refractivity contribution is 5.84. The number of nitrogens with zero attached hydrogens (tertiary/aromatic N) is 1. The first-order chi connectivity index (χ1) is 12.5. The van der Waals surface area contributed by atoms with Crippen molar-refractivity contribution in [1.29, 1.82) is 0 Å². The van der Waals surface area contributed by atoms with E-state index in [-0.39, 0.29) is 29.4 Å². The van der Waals surface area contributed by atoms with Gasteiger partial charge in [-0.25, -0.2) is 14.2 Å². The van der Waals surface area contributed by atoms with Crippen molar-refractivity contribution in [3.05, 3.63) is 82.9 Å². The maximum atomic E-state index is 13.2. The topological polar surface area (TPSA) is 41.5 Å². The number of allylic oxidation sites excluding steroid dienone is 2. The van der Waals surface area contributed by atoms with E-state index in [0.717, 1.165) is 12.0 Å². The summed E-state index contributed by atoms with van der Waals surface area (Å²) in [5, 5.41) is 3.98. The molecule has 2 aromatic rings. The largest absolute Gasteiger partial charge is 0.273 e. The summed E-state index contributed by atoms with van der Waals surface area (Å²) < 4.78 is 26.1. The number of benzene rings is 2. The zero-order valence-corrected chi connectivity index (χ0v) is 14.5. The van der Waals surface area contributed by atoms with Gasteiger partial charge in [-0.3, -0.25) is 4.79 Å². The number of carbonyl (C=O) groups excluding carboxylic acids is 1. The monoisotopic (exact) mass is 354 g/mol. The first-order valence-electron chi connectivity index (χ1n) is 8.52. The number of nitrogens with one attached hydrogen (secondary N) is 1. The highest BCUT2D eigenvalue weighted by Crippen LogP contribution is 2.37. The van der Waals surface area contributed by atoms with Gasteiger partial charge in [0.2, 0.25) is 5.91 Å². The molecule has 0 spiro atoms. The van der Waals surface area contributed by atoms with Gasteiger partial charge in [0.25, 0.3) is 0 Å². The van der Waals surface area contributed by atoms with E-state index in [1.807, 2.05) is 6.92 Å². The van der Waals surface area contributed by atoms with Gasteiger partial charge in [0.1, 0.15) is 11.6 Å². The number of hydrogen-bond acceptors (Lipinski definition) is 2. The molecular weight excluding hydrogens is 334 g/mol. The van der Waals surface area contributed by atoms with Crippen molar-refractivity contribution in [2.45, 2.75) is 25.7 Å². The van der Waals surface area contributed by atoms with Crippen LogP contribution in [0.2, 0.25) is 0 Å². The Labute approximate surface area is 151 Å². The summed E-state index contributed by atoms with van der Waals surface area (Å²) in [6.07, 6.45) is 4.92. The van der Waals surface area contributed by atoms with Crippen LogP contribution < -0.4 is 5.43 Å². The van der Waals surface area contributed by atoms with Crippen molar-refractivity contribution in [2.24, 2.45) is 11.0 Å². The number of hydrogen-bond donors (Lipinski definition) is 1. The third-order valence-electron chi connectivity index (χ3n) is 4.64. The molecule has 1 amide bonds. The Balaban J connectivity index is 1.71. The van der Waals surface area contributed by atoms with Crippen molar-refractivity contribution in [1.82, 2.24) is 5.43 Å². The van der Waals surface area contributed by atoms with Gasteiger partial charge in [0.15, 0.2) is 0 Å². The fourth-order valence-corrected chi connectivity index (χ4v) is 3.22. The normalized spacial score (nSPS) is 20.0. The van der Waals surface area contributed by atoms with Crippen LogP contribution in [0.15, 0.2) is 65.3 Å². The van der Waals surface area contributed by atoms with E-state index in [2.05, 4.69) is 16.6 Å². The molecule has 2 aromatic carbocycles. The molecule has 0 aromatic heterocycles. The summed E-state index contributed by atoms with van der Waals surface area (Å²) in [5.74, 6) is -1.07. The minimum absolute atomic E-state index is 0.0124. The number of rotatable bonds is 4. The summed E-state index contributed by atoms with van der Waals surface area (Å²) in [6.45, 7) is 2.04. The van der Waals surface area contributed by atoms with E-state index < -0.39 is 0 Å². The Morgan fingerprint density at radius 1 is 1.08 bits per heavy atom. The van der Waals surface area contributed by atoms with Crippen LogP contribution in [-0.2, 0) is 4.79 Å². The highest BCUT2D eigenvalue weighted by atomic mass is 19.1. The van der Waals surface area contributed by atoms with Gasteiger partial charge < -0.3 is 0 Å². The lowest BCUT2D eigenvalue weighted by Crippen LogP contribution is -2.33. The molecule has 2 atom stereocenters. The van der Waals surface area contributed by atoms with Crippen LogP contribution in [0.25, 0.3) is 0 Å². The summed E-state index contributed by atoms with van der Waals surface area (Å²) in [5.41, 5.74) is 5.44. The van der Waals surface area contributed by atoms with E-state index in [9.17, 15) is 13.6 Å². The maximum absolute atomic E-state index is 13.2. The van der Waals surface area contributed by atoms with E-state index in [0.29, 0.717) is 12.0 Å². The zero-order chi connectivity index (χ0) is 18.5. The van der Waals surface area contributed by atoms with Gasteiger partial charge in [-0.1, -0.05) is 35.9 Å². The van der Waals surface area contributed by atoms with Crippen LogP contribution in [0.5, 0.6) is 0 Å². The predicted octanol–water partition coefficient (Wildman–Crippen LogP) is 4.56. The molecule has 0 saturated heterocycles. The molecule has 3 nitrogen and oxygen atoms in total. The standard InChI is InChI=1S/C21H20F2N2O/c1-14-2-11-19(20(12-14)16-5-9-18(23)10-6-16)21(26)25-24-13-15-3-7-17(22)8-4-15/h2-10,13,19-20H,11-12H2,1H3,(H,25,26). The highest BCUT2D eigenvalue weighted by Gasteiger charge is 2.31. The van der Waals surface area contributed by atoms with Crippen molar-refractivity contribution in [3.63, 3.8) is 0 Å². The van der Waals surface area contributed by atoms with E-state index in [4.69, 9.17) is 0 Å². The molecule has 1 N–H and O–H groups in total. The molecule has 0 fully saturated rings. The molecule has 3 rings (SSSR count). The summed E-state index contributed by atoms with van der Waals surface area (Å²) in [4.78, 5) is 12.6. The Bertz CT molecular complexity index is 826.